The monoisotopic (exact) mass is 290 g/mol. The van der Waals surface area contributed by atoms with Crippen molar-refractivity contribution in [1.82, 2.24) is 5.32 Å². The van der Waals surface area contributed by atoms with E-state index in [9.17, 15) is 4.39 Å². The van der Waals surface area contributed by atoms with Gasteiger partial charge in [0.2, 0.25) is 0 Å². The molecule has 21 heavy (non-hydrogen) atoms. The van der Waals surface area contributed by atoms with E-state index in [-0.39, 0.29) is 5.82 Å². The zero-order chi connectivity index (χ0) is 14.8. The Bertz CT molecular complexity index is 486. The first-order valence-electron chi connectivity index (χ1n) is 8.44. The van der Waals surface area contributed by atoms with Gasteiger partial charge in [0.1, 0.15) is 5.82 Å². The van der Waals surface area contributed by atoms with Crippen LogP contribution in [0, 0.1) is 11.7 Å². The Morgan fingerprint density at radius 2 is 2.05 bits per heavy atom. The molecule has 116 valence electrons. The fourth-order valence-electron chi connectivity index (χ4n) is 4.02. The standard InChI is InChI=1S/C18H27FN2/c1-13(2)20-12-15-7-5-8-16(19)18(15)21-11-10-14-6-3-4-9-17(14)21/h5,7-8,13-14,17,20H,3-4,6,9-12H2,1-2H3. The van der Waals surface area contributed by atoms with E-state index in [4.69, 9.17) is 0 Å². The summed E-state index contributed by atoms with van der Waals surface area (Å²) in [6.45, 7) is 6.03. The van der Waals surface area contributed by atoms with Gasteiger partial charge in [-0.15, -0.1) is 0 Å². The summed E-state index contributed by atoms with van der Waals surface area (Å²) in [5.41, 5.74) is 1.97. The Hall–Kier alpha value is -1.09. The highest BCUT2D eigenvalue weighted by Gasteiger charge is 2.37. The molecule has 1 N–H and O–H groups in total. The third-order valence-electron chi connectivity index (χ3n) is 5.07. The zero-order valence-electron chi connectivity index (χ0n) is 13.2. The number of hydrogen-bond acceptors (Lipinski definition) is 2. The third-order valence-corrected chi connectivity index (χ3v) is 5.07. The van der Waals surface area contributed by atoms with Crippen LogP contribution in [0.1, 0.15) is 51.5 Å². The molecule has 1 aromatic rings. The van der Waals surface area contributed by atoms with Crippen molar-refractivity contribution in [2.24, 2.45) is 5.92 Å². The Labute approximate surface area is 127 Å². The lowest BCUT2D eigenvalue weighted by Crippen LogP contribution is -2.36. The van der Waals surface area contributed by atoms with Gasteiger partial charge >= 0.3 is 0 Å². The molecule has 0 radical (unpaired) electrons. The van der Waals surface area contributed by atoms with Gasteiger partial charge in [-0.2, -0.15) is 0 Å². The number of anilines is 1. The Morgan fingerprint density at radius 1 is 1.24 bits per heavy atom. The molecule has 0 spiro atoms. The van der Waals surface area contributed by atoms with E-state index in [2.05, 4.69) is 30.1 Å². The van der Waals surface area contributed by atoms with Crippen LogP contribution in [0.25, 0.3) is 0 Å². The first-order valence-corrected chi connectivity index (χ1v) is 8.44. The summed E-state index contributed by atoms with van der Waals surface area (Å²) in [5, 5.41) is 3.43. The average molecular weight is 290 g/mol. The molecular weight excluding hydrogens is 263 g/mol. The van der Waals surface area contributed by atoms with Crippen molar-refractivity contribution in [2.75, 3.05) is 11.4 Å². The average Bonchev–Trinajstić information content (AvgIpc) is 2.89. The van der Waals surface area contributed by atoms with E-state index < -0.39 is 0 Å². The number of hydrogen-bond donors (Lipinski definition) is 1. The van der Waals surface area contributed by atoms with Crippen molar-refractivity contribution >= 4 is 5.69 Å². The minimum atomic E-state index is -0.0516. The molecule has 2 unspecified atom stereocenters. The van der Waals surface area contributed by atoms with Gasteiger partial charge in [0, 0.05) is 25.2 Å². The van der Waals surface area contributed by atoms with Gasteiger partial charge in [0.25, 0.3) is 0 Å². The second-order valence-corrected chi connectivity index (χ2v) is 6.88. The minimum Gasteiger partial charge on any atom is -0.366 e. The first kappa shape index (κ1) is 14.8. The minimum absolute atomic E-state index is 0.0516. The van der Waals surface area contributed by atoms with Crippen molar-refractivity contribution in [3.05, 3.63) is 29.6 Å². The number of benzene rings is 1. The highest BCUT2D eigenvalue weighted by Crippen LogP contribution is 2.40. The normalized spacial score (nSPS) is 25.4. The molecular formula is C18H27FN2. The van der Waals surface area contributed by atoms with Gasteiger partial charge in [-0.05, 0) is 36.8 Å². The van der Waals surface area contributed by atoms with Crippen LogP contribution in [0.2, 0.25) is 0 Å². The highest BCUT2D eigenvalue weighted by molar-refractivity contribution is 5.56. The molecule has 2 atom stereocenters. The predicted molar refractivity (Wildman–Crippen MR) is 86.1 cm³/mol. The van der Waals surface area contributed by atoms with Crippen molar-refractivity contribution in [3.8, 4) is 0 Å². The number of rotatable bonds is 4. The molecule has 1 saturated carbocycles. The van der Waals surface area contributed by atoms with Crippen LogP contribution in [0.5, 0.6) is 0 Å². The molecule has 0 aromatic heterocycles. The molecule has 2 nitrogen and oxygen atoms in total. The lowest BCUT2D eigenvalue weighted by molar-refractivity contribution is 0.341. The van der Waals surface area contributed by atoms with Crippen LogP contribution >= 0.6 is 0 Å². The number of halogens is 1. The Kier molecular flexibility index (Phi) is 4.48. The summed E-state index contributed by atoms with van der Waals surface area (Å²) in [7, 11) is 0. The molecule has 1 aliphatic carbocycles. The summed E-state index contributed by atoms with van der Waals surface area (Å²) < 4.78 is 14.5. The zero-order valence-corrected chi connectivity index (χ0v) is 13.2. The van der Waals surface area contributed by atoms with Crippen LogP contribution < -0.4 is 10.2 Å². The molecule has 0 amide bonds. The molecule has 1 aromatic carbocycles. The van der Waals surface area contributed by atoms with Gasteiger partial charge in [-0.25, -0.2) is 4.39 Å². The van der Waals surface area contributed by atoms with Gasteiger partial charge in [0.15, 0.2) is 0 Å². The van der Waals surface area contributed by atoms with Gasteiger partial charge in [-0.3, -0.25) is 0 Å². The van der Waals surface area contributed by atoms with E-state index in [1.54, 1.807) is 6.07 Å². The van der Waals surface area contributed by atoms with Crippen molar-refractivity contribution in [3.63, 3.8) is 0 Å². The van der Waals surface area contributed by atoms with Crippen molar-refractivity contribution in [1.29, 1.82) is 0 Å². The second-order valence-electron chi connectivity index (χ2n) is 6.88. The maximum absolute atomic E-state index is 14.5. The summed E-state index contributed by atoms with van der Waals surface area (Å²) in [6, 6.07) is 6.51. The topological polar surface area (TPSA) is 15.3 Å². The quantitative estimate of drug-likeness (QED) is 0.898. The van der Waals surface area contributed by atoms with E-state index in [1.807, 2.05) is 6.07 Å². The van der Waals surface area contributed by atoms with Crippen molar-refractivity contribution < 1.29 is 4.39 Å². The molecule has 2 fully saturated rings. The fraction of sp³-hybridized carbons (Fsp3) is 0.667. The molecule has 2 aliphatic rings. The Morgan fingerprint density at radius 3 is 2.86 bits per heavy atom. The van der Waals surface area contributed by atoms with Gasteiger partial charge in [0.05, 0.1) is 5.69 Å². The number of para-hydroxylation sites is 1. The lowest BCUT2D eigenvalue weighted by Gasteiger charge is -2.34. The van der Waals surface area contributed by atoms with Crippen LogP contribution in [-0.2, 0) is 6.54 Å². The number of nitrogens with zero attached hydrogens (tertiary/aromatic N) is 1. The van der Waals surface area contributed by atoms with Gasteiger partial charge in [-0.1, -0.05) is 38.8 Å². The summed E-state index contributed by atoms with van der Waals surface area (Å²) >= 11 is 0. The van der Waals surface area contributed by atoms with Crippen LogP contribution in [0.4, 0.5) is 10.1 Å². The molecule has 1 aliphatic heterocycles. The maximum atomic E-state index is 14.5. The maximum Gasteiger partial charge on any atom is 0.146 e. The number of fused-ring (bicyclic) bond motifs is 1. The van der Waals surface area contributed by atoms with E-state index in [1.165, 1.54) is 32.1 Å². The number of nitrogens with one attached hydrogen (secondary N) is 1. The van der Waals surface area contributed by atoms with E-state index >= 15 is 0 Å². The molecule has 3 rings (SSSR count). The van der Waals surface area contributed by atoms with Crippen LogP contribution in [-0.4, -0.2) is 18.6 Å². The third kappa shape index (κ3) is 3.08. The SMILES string of the molecule is CC(C)NCc1cccc(F)c1N1CCC2CCCCC21. The largest absolute Gasteiger partial charge is 0.366 e. The smallest absolute Gasteiger partial charge is 0.146 e. The highest BCUT2D eigenvalue weighted by atomic mass is 19.1. The summed E-state index contributed by atoms with van der Waals surface area (Å²) in [4.78, 5) is 2.37. The molecule has 1 saturated heterocycles. The lowest BCUT2D eigenvalue weighted by atomic mass is 9.85. The first-order chi connectivity index (χ1) is 10.2. The van der Waals surface area contributed by atoms with E-state index in [0.717, 1.165) is 30.3 Å². The molecule has 0 bridgehead atoms. The van der Waals surface area contributed by atoms with E-state index in [0.29, 0.717) is 12.1 Å². The molecule has 3 heteroatoms. The Balaban J connectivity index is 1.86. The fourth-order valence-corrected chi connectivity index (χ4v) is 4.02. The molecule has 1 heterocycles. The second kappa shape index (κ2) is 6.35. The van der Waals surface area contributed by atoms with Crippen LogP contribution in [0.15, 0.2) is 18.2 Å². The van der Waals surface area contributed by atoms with Crippen molar-refractivity contribution in [2.45, 2.75) is 64.6 Å². The summed E-state index contributed by atoms with van der Waals surface area (Å²) in [5.74, 6) is 0.730. The van der Waals surface area contributed by atoms with Gasteiger partial charge < -0.3 is 10.2 Å². The van der Waals surface area contributed by atoms with Crippen LogP contribution in [0.3, 0.4) is 0 Å². The predicted octanol–water partition coefficient (Wildman–Crippen LogP) is 4.09. The summed E-state index contributed by atoms with van der Waals surface area (Å²) in [6.07, 6.45) is 6.45.